The second kappa shape index (κ2) is 7.55. The molecule has 0 fully saturated rings. The minimum atomic E-state index is -0.601. The van der Waals surface area contributed by atoms with Crippen molar-refractivity contribution in [1.82, 2.24) is 4.98 Å². The highest BCUT2D eigenvalue weighted by Crippen LogP contribution is 2.32. The van der Waals surface area contributed by atoms with E-state index in [2.05, 4.69) is 31.2 Å². The van der Waals surface area contributed by atoms with Crippen molar-refractivity contribution in [3.05, 3.63) is 46.1 Å². The number of halogens is 2. The van der Waals surface area contributed by atoms with Crippen LogP contribution in [0.2, 0.25) is 0 Å². The Hall–Kier alpha value is -1.90. The Morgan fingerprint density at radius 1 is 1.40 bits per heavy atom. The number of carbonyl (C=O) groups is 1. The molecule has 0 radical (unpaired) electrons. The van der Waals surface area contributed by atoms with Gasteiger partial charge in [-0.3, -0.25) is 9.79 Å². The third kappa shape index (κ3) is 4.39. The number of hydrogen-bond acceptors (Lipinski definition) is 6. The van der Waals surface area contributed by atoms with Crippen molar-refractivity contribution in [2.75, 3.05) is 18.5 Å². The van der Waals surface area contributed by atoms with Crippen molar-refractivity contribution in [3.63, 3.8) is 0 Å². The van der Waals surface area contributed by atoms with Crippen LogP contribution < -0.4 is 11.1 Å². The Bertz CT molecular complexity index is 823. The number of aryl methyl sites for hydroxylation is 1. The first kappa shape index (κ1) is 19.4. The Morgan fingerprint density at radius 2 is 2.16 bits per heavy atom. The van der Waals surface area contributed by atoms with Gasteiger partial charge in [0.05, 0.1) is 6.61 Å². The zero-order chi connectivity index (χ0) is 17.3. The molecule has 2 aromatic rings. The summed E-state index contributed by atoms with van der Waals surface area (Å²) in [6.07, 6.45) is 1.32. The van der Waals surface area contributed by atoms with Crippen molar-refractivity contribution in [3.8, 4) is 0 Å². The van der Waals surface area contributed by atoms with Crippen LogP contribution in [-0.4, -0.2) is 29.9 Å². The zero-order valence-electron chi connectivity index (χ0n) is 13.7. The Kier molecular flexibility index (Phi) is 5.87. The number of hydrogen-bond donors (Lipinski definition) is 2. The Labute approximate surface area is 159 Å². The summed E-state index contributed by atoms with van der Waals surface area (Å²) in [6.45, 7) is 4.37. The number of benzene rings is 1. The van der Waals surface area contributed by atoms with Crippen LogP contribution >= 0.6 is 28.3 Å². The lowest BCUT2D eigenvalue weighted by atomic mass is 9.92. The fourth-order valence-electron chi connectivity index (χ4n) is 2.52. The molecule has 1 aromatic heterocycles. The molecule has 1 amide bonds. The fourth-order valence-corrected chi connectivity index (χ4v) is 3.01. The minimum Gasteiger partial charge on any atom is -0.448 e. The highest BCUT2D eigenvalue weighted by atomic mass is 79.9. The molecular formula is C16H18BrClN4O3. The number of oxazole rings is 1. The van der Waals surface area contributed by atoms with Crippen molar-refractivity contribution < 1.29 is 13.9 Å². The fraction of sp³-hybridized carbons (Fsp3) is 0.312. The first-order valence-corrected chi connectivity index (χ1v) is 8.11. The average Bonchev–Trinajstić information content (AvgIpc) is 2.93. The van der Waals surface area contributed by atoms with Crippen LogP contribution in [0.4, 0.5) is 5.69 Å². The largest absolute Gasteiger partial charge is 0.448 e. The number of anilines is 1. The molecule has 0 saturated heterocycles. The number of ether oxygens (including phenoxy) is 1. The zero-order valence-corrected chi connectivity index (χ0v) is 16.1. The van der Waals surface area contributed by atoms with E-state index in [1.807, 2.05) is 19.1 Å². The van der Waals surface area contributed by atoms with E-state index in [0.717, 1.165) is 10.0 Å². The maximum Gasteiger partial charge on any atom is 0.277 e. The van der Waals surface area contributed by atoms with E-state index >= 15 is 0 Å². The number of amides is 1. The van der Waals surface area contributed by atoms with Crippen molar-refractivity contribution in [2.45, 2.75) is 19.4 Å². The second-order valence-electron chi connectivity index (χ2n) is 5.80. The van der Waals surface area contributed by atoms with E-state index in [1.54, 1.807) is 13.0 Å². The summed E-state index contributed by atoms with van der Waals surface area (Å²) >= 11 is 3.46. The van der Waals surface area contributed by atoms with Gasteiger partial charge in [-0.15, -0.1) is 12.4 Å². The summed E-state index contributed by atoms with van der Waals surface area (Å²) in [5.41, 5.74) is 6.93. The molecule has 0 aliphatic carbocycles. The summed E-state index contributed by atoms with van der Waals surface area (Å²) < 4.78 is 11.4. The lowest BCUT2D eigenvalue weighted by molar-refractivity contribution is 0.102. The minimum absolute atomic E-state index is 0. The van der Waals surface area contributed by atoms with Crippen molar-refractivity contribution in [1.29, 1.82) is 0 Å². The van der Waals surface area contributed by atoms with Crippen molar-refractivity contribution >= 4 is 45.8 Å². The molecule has 0 bridgehead atoms. The molecule has 1 aromatic carbocycles. The second-order valence-corrected chi connectivity index (χ2v) is 6.72. The van der Waals surface area contributed by atoms with Crippen LogP contribution in [0.1, 0.15) is 28.9 Å². The molecule has 0 saturated carbocycles. The van der Waals surface area contributed by atoms with Gasteiger partial charge >= 0.3 is 0 Å². The van der Waals surface area contributed by atoms with E-state index < -0.39 is 5.54 Å². The molecule has 3 N–H and O–H groups in total. The normalized spacial score (nSPS) is 19.7. The van der Waals surface area contributed by atoms with Crippen molar-refractivity contribution in [2.24, 2.45) is 10.7 Å². The smallest absolute Gasteiger partial charge is 0.277 e. The number of amidine groups is 1. The molecule has 9 heteroatoms. The molecule has 1 atom stereocenters. The van der Waals surface area contributed by atoms with Gasteiger partial charge in [-0.1, -0.05) is 15.9 Å². The van der Waals surface area contributed by atoms with Crippen LogP contribution in [0.15, 0.2) is 38.3 Å². The SMILES string of the molecule is Cc1nc(C(=O)Nc2cc(Br)cc([C@]3(C)COCC(N)=N3)c2)co1.Cl. The standard InChI is InChI=1S/C16H17BrN4O3.ClH/c1-9-19-13(6-24-9)15(22)20-12-4-10(3-11(17)5-12)16(2)8-23-7-14(18)21-16;/h3-6H,7-8H2,1-2H3,(H2,18,21)(H,20,22);1H/t16-;/m0./s1. The van der Waals surface area contributed by atoms with Gasteiger partial charge < -0.3 is 20.2 Å². The summed E-state index contributed by atoms with van der Waals surface area (Å²) in [5, 5.41) is 2.81. The lowest BCUT2D eigenvalue weighted by Crippen LogP contribution is -2.37. The van der Waals surface area contributed by atoms with Gasteiger partial charge in [-0.2, -0.15) is 0 Å². The molecule has 0 unspecified atom stereocenters. The van der Waals surface area contributed by atoms with Gasteiger partial charge in [0.2, 0.25) is 0 Å². The van der Waals surface area contributed by atoms with Gasteiger partial charge in [-0.25, -0.2) is 4.98 Å². The monoisotopic (exact) mass is 428 g/mol. The number of nitrogens with two attached hydrogens (primary N) is 1. The Morgan fingerprint density at radius 3 is 2.80 bits per heavy atom. The highest BCUT2D eigenvalue weighted by molar-refractivity contribution is 9.10. The summed E-state index contributed by atoms with van der Waals surface area (Å²) in [4.78, 5) is 20.8. The predicted molar refractivity (Wildman–Crippen MR) is 100 cm³/mol. The van der Waals surface area contributed by atoms with Gasteiger partial charge in [0.25, 0.3) is 5.91 Å². The Balaban J connectivity index is 0.00000225. The van der Waals surface area contributed by atoms with Crippen LogP contribution in [0.3, 0.4) is 0 Å². The molecule has 1 aliphatic heterocycles. The molecule has 7 nitrogen and oxygen atoms in total. The number of aliphatic imine (C=N–C) groups is 1. The van der Waals surface area contributed by atoms with E-state index in [0.29, 0.717) is 30.6 Å². The average molecular weight is 430 g/mol. The van der Waals surface area contributed by atoms with E-state index in [9.17, 15) is 4.79 Å². The number of rotatable bonds is 3. The quantitative estimate of drug-likeness (QED) is 0.780. The van der Waals surface area contributed by atoms with Crippen LogP contribution in [-0.2, 0) is 10.3 Å². The summed E-state index contributed by atoms with van der Waals surface area (Å²) in [5.74, 6) is 0.545. The molecule has 25 heavy (non-hydrogen) atoms. The molecule has 1 aliphatic rings. The summed E-state index contributed by atoms with van der Waals surface area (Å²) in [7, 11) is 0. The number of nitrogens with one attached hydrogen (secondary N) is 1. The van der Waals surface area contributed by atoms with Gasteiger partial charge in [0.1, 0.15) is 24.2 Å². The third-order valence-corrected chi connectivity index (χ3v) is 4.11. The van der Waals surface area contributed by atoms with Gasteiger partial charge in [-0.05, 0) is 30.7 Å². The molecule has 3 rings (SSSR count). The maximum atomic E-state index is 12.2. The molecule has 2 heterocycles. The lowest BCUT2D eigenvalue weighted by Gasteiger charge is -2.30. The van der Waals surface area contributed by atoms with E-state index in [-0.39, 0.29) is 24.0 Å². The van der Waals surface area contributed by atoms with Gasteiger partial charge in [0.15, 0.2) is 11.6 Å². The molecular weight excluding hydrogens is 412 g/mol. The third-order valence-electron chi connectivity index (χ3n) is 3.65. The summed E-state index contributed by atoms with van der Waals surface area (Å²) in [6, 6.07) is 5.58. The number of aromatic nitrogens is 1. The topological polar surface area (TPSA) is 103 Å². The predicted octanol–water partition coefficient (Wildman–Crippen LogP) is 3.02. The van der Waals surface area contributed by atoms with E-state index in [1.165, 1.54) is 6.26 Å². The van der Waals surface area contributed by atoms with Crippen LogP contribution in [0.25, 0.3) is 0 Å². The molecule has 134 valence electrons. The first-order chi connectivity index (χ1) is 11.4. The van der Waals surface area contributed by atoms with Crippen LogP contribution in [0.5, 0.6) is 0 Å². The molecule has 0 spiro atoms. The van der Waals surface area contributed by atoms with Crippen LogP contribution in [0, 0.1) is 6.92 Å². The first-order valence-electron chi connectivity index (χ1n) is 7.32. The van der Waals surface area contributed by atoms with Gasteiger partial charge in [0, 0.05) is 17.1 Å². The number of carbonyl (C=O) groups excluding carboxylic acids is 1. The van der Waals surface area contributed by atoms with E-state index in [4.69, 9.17) is 14.9 Å². The number of nitrogens with zero attached hydrogens (tertiary/aromatic N) is 2. The highest BCUT2D eigenvalue weighted by Gasteiger charge is 2.30. The maximum absolute atomic E-state index is 12.2.